The fraction of sp³-hybridized carbons (Fsp3) is 0.545. The third-order valence-electron chi connectivity index (χ3n) is 5.56. The number of allylic oxidation sites excluding steroid dienone is 1. The number of Topliss-reactive ketones (excluding diaryl/α,β-unsaturated/α-hetero) is 1. The van der Waals surface area contributed by atoms with Gasteiger partial charge < -0.3 is 19.7 Å². The van der Waals surface area contributed by atoms with Crippen molar-refractivity contribution < 1.29 is 29.3 Å². The summed E-state index contributed by atoms with van der Waals surface area (Å²) in [5.74, 6) is -1.12. The Bertz CT molecular complexity index is 851. The van der Waals surface area contributed by atoms with Crippen molar-refractivity contribution in [3.63, 3.8) is 0 Å². The zero-order valence-electron chi connectivity index (χ0n) is 17.0. The van der Waals surface area contributed by atoms with Crippen LogP contribution in [-0.4, -0.2) is 33.7 Å². The number of hydrogen-bond donors (Lipinski definition) is 2. The molecule has 3 atom stereocenters. The minimum atomic E-state index is -0.878. The number of carboxylic acid groups (broad SMARTS) is 1. The Kier molecular flexibility index (Phi) is 5.17. The van der Waals surface area contributed by atoms with Gasteiger partial charge in [-0.3, -0.25) is 9.59 Å². The zero-order valence-corrected chi connectivity index (χ0v) is 17.0. The molecule has 6 nitrogen and oxygen atoms in total. The molecule has 0 bridgehead atoms. The standard InChI is InChI=1S/C22H28O6/c1-6-7-13(8-17(24)25)14-10-22(4,5)28-16-9-15(23)19-20(26)11(2)12(3)27-21(19)18(14)16/h9-13,23H,6-8H2,1-5H3,(H,24,25). The molecule has 0 aliphatic carbocycles. The normalized spacial score (nSPS) is 23.6. The lowest BCUT2D eigenvalue weighted by atomic mass is 9.79. The lowest BCUT2D eigenvalue weighted by Crippen LogP contribution is -2.36. The first-order valence-corrected chi connectivity index (χ1v) is 9.80. The van der Waals surface area contributed by atoms with Gasteiger partial charge in [-0.15, -0.1) is 0 Å². The summed E-state index contributed by atoms with van der Waals surface area (Å²) in [6.45, 7) is 9.37. The van der Waals surface area contributed by atoms with Crippen LogP contribution in [0.3, 0.4) is 0 Å². The molecule has 0 fully saturated rings. The Hall–Kier alpha value is -2.50. The largest absolute Gasteiger partial charge is 0.507 e. The van der Waals surface area contributed by atoms with Crippen LogP contribution >= 0.6 is 0 Å². The van der Waals surface area contributed by atoms with Gasteiger partial charge in [0.15, 0.2) is 5.78 Å². The van der Waals surface area contributed by atoms with Crippen LogP contribution in [0.15, 0.2) is 12.1 Å². The summed E-state index contributed by atoms with van der Waals surface area (Å²) >= 11 is 0. The molecule has 2 aliphatic heterocycles. The molecule has 0 radical (unpaired) electrons. The topological polar surface area (TPSA) is 93.1 Å². The van der Waals surface area contributed by atoms with E-state index in [0.717, 1.165) is 12.0 Å². The van der Waals surface area contributed by atoms with Crippen LogP contribution in [0.4, 0.5) is 0 Å². The number of phenolic OH excluding ortho intramolecular Hbond substituents is 1. The van der Waals surface area contributed by atoms with E-state index in [4.69, 9.17) is 9.47 Å². The molecule has 1 aromatic carbocycles. The maximum absolute atomic E-state index is 12.8. The summed E-state index contributed by atoms with van der Waals surface area (Å²) in [4.78, 5) is 24.4. The predicted octanol–water partition coefficient (Wildman–Crippen LogP) is 4.44. The molecule has 0 spiro atoms. The Morgan fingerprint density at radius 2 is 1.96 bits per heavy atom. The smallest absolute Gasteiger partial charge is 0.303 e. The molecule has 2 heterocycles. The van der Waals surface area contributed by atoms with E-state index in [9.17, 15) is 19.8 Å². The maximum atomic E-state index is 12.8. The predicted molar refractivity (Wildman–Crippen MR) is 105 cm³/mol. The van der Waals surface area contributed by atoms with E-state index in [0.29, 0.717) is 23.5 Å². The number of hydrogen-bond acceptors (Lipinski definition) is 5. The second-order valence-corrected chi connectivity index (χ2v) is 8.34. The van der Waals surface area contributed by atoms with Crippen LogP contribution in [0.2, 0.25) is 0 Å². The fourth-order valence-corrected chi connectivity index (χ4v) is 4.07. The molecule has 0 saturated carbocycles. The minimum Gasteiger partial charge on any atom is -0.507 e. The van der Waals surface area contributed by atoms with Gasteiger partial charge in [-0.05, 0) is 44.8 Å². The van der Waals surface area contributed by atoms with Gasteiger partial charge in [-0.2, -0.15) is 0 Å². The average Bonchev–Trinajstić information content (AvgIpc) is 2.57. The highest BCUT2D eigenvalue weighted by atomic mass is 16.5. The third-order valence-corrected chi connectivity index (χ3v) is 5.56. The zero-order chi connectivity index (χ0) is 20.8. The number of carbonyl (C=O) groups excluding carboxylic acids is 1. The number of ketones is 1. The van der Waals surface area contributed by atoms with Gasteiger partial charge in [-0.25, -0.2) is 0 Å². The Balaban J connectivity index is 2.26. The number of ether oxygens (including phenoxy) is 2. The van der Waals surface area contributed by atoms with Crippen molar-refractivity contribution in [1.29, 1.82) is 0 Å². The Labute approximate surface area is 165 Å². The van der Waals surface area contributed by atoms with Gasteiger partial charge >= 0.3 is 5.97 Å². The fourth-order valence-electron chi connectivity index (χ4n) is 4.07. The molecule has 0 saturated heterocycles. The van der Waals surface area contributed by atoms with E-state index in [1.54, 1.807) is 6.92 Å². The van der Waals surface area contributed by atoms with Crippen molar-refractivity contribution in [1.82, 2.24) is 0 Å². The number of benzene rings is 1. The van der Waals surface area contributed by atoms with Gasteiger partial charge in [0, 0.05) is 6.07 Å². The number of aromatic hydroxyl groups is 1. The first-order chi connectivity index (χ1) is 13.1. The molecule has 6 heteroatoms. The highest BCUT2D eigenvalue weighted by molar-refractivity contribution is 6.06. The number of phenols is 1. The number of fused-ring (bicyclic) bond motifs is 3. The summed E-state index contributed by atoms with van der Waals surface area (Å²) in [6, 6.07) is 1.46. The van der Waals surface area contributed by atoms with Crippen molar-refractivity contribution in [3.8, 4) is 17.2 Å². The first-order valence-electron chi connectivity index (χ1n) is 9.80. The lowest BCUT2D eigenvalue weighted by molar-refractivity contribution is -0.137. The number of carboxylic acids is 1. The summed E-state index contributed by atoms with van der Waals surface area (Å²) < 4.78 is 12.1. The van der Waals surface area contributed by atoms with Gasteiger partial charge in [0.1, 0.15) is 34.5 Å². The number of rotatable bonds is 5. The second-order valence-electron chi connectivity index (χ2n) is 8.34. The molecule has 3 rings (SSSR count). The van der Waals surface area contributed by atoms with Gasteiger partial charge in [0.25, 0.3) is 0 Å². The van der Waals surface area contributed by atoms with E-state index < -0.39 is 11.6 Å². The molecule has 2 aliphatic rings. The van der Waals surface area contributed by atoms with Crippen LogP contribution in [0.5, 0.6) is 17.2 Å². The Morgan fingerprint density at radius 3 is 2.57 bits per heavy atom. The minimum absolute atomic E-state index is 0.0231. The van der Waals surface area contributed by atoms with Crippen LogP contribution in [0.25, 0.3) is 5.57 Å². The first kappa shape index (κ1) is 20.2. The maximum Gasteiger partial charge on any atom is 0.303 e. The van der Waals surface area contributed by atoms with Crippen LogP contribution in [-0.2, 0) is 4.79 Å². The highest BCUT2D eigenvalue weighted by Crippen LogP contribution is 2.52. The molecular weight excluding hydrogens is 360 g/mol. The van der Waals surface area contributed by atoms with Crippen LogP contribution in [0, 0.1) is 11.8 Å². The van der Waals surface area contributed by atoms with Crippen LogP contribution in [0.1, 0.15) is 69.8 Å². The molecular formula is C22H28O6. The molecule has 0 aromatic heterocycles. The summed E-state index contributed by atoms with van der Waals surface area (Å²) in [7, 11) is 0. The van der Waals surface area contributed by atoms with E-state index in [-0.39, 0.29) is 41.5 Å². The van der Waals surface area contributed by atoms with Crippen molar-refractivity contribution >= 4 is 17.3 Å². The molecule has 28 heavy (non-hydrogen) atoms. The van der Waals surface area contributed by atoms with Crippen LogP contribution < -0.4 is 9.47 Å². The summed E-state index contributed by atoms with van der Waals surface area (Å²) in [5, 5.41) is 20.0. The van der Waals surface area contributed by atoms with Crippen molar-refractivity contribution in [2.75, 3.05) is 0 Å². The quantitative estimate of drug-likeness (QED) is 0.775. The van der Waals surface area contributed by atoms with Crippen molar-refractivity contribution in [3.05, 3.63) is 23.3 Å². The highest BCUT2D eigenvalue weighted by Gasteiger charge is 2.41. The molecule has 0 amide bonds. The summed E-state index contributed by atoms with van der Waals surface area (Å²) in [6.07, 6.45) is 3.05. The molecule has 3 unspecified atom stereocenters. The van der Waals surface area contributed by atoms with E-state index in [1.165, 1.54) is 6.07 Å². The van der Waals surface area contributed by atoms with E-state index in [1.807, 2.05) is 33.8 Å². The molecule has 152 valence electrons. The second kappa shape index (κ2) is 7.15. The third kappa shape index (κ3) is 3.48. The summed E-state index contributed by atoms with van der Waals surface area (Å²) in [5.41, 5.74) is 0.884. The monoisotopic (exact) mass is 388 g/mol. The van der Waals surface area contributed by atoms with Gasteiger partial charge in [0.05, 0.1) is 17.9 Å². The van der Waals surface area contributed by atoms with Crippen molar-refractivity contribution in [2.45, 2.75) is 65.6 Å². The Morgan fingerprint density at radius 1 is 1.29 bits per heavy atom. The SMILES string of the molecule is CCCC(CC(=O)O)C1=CC(C)(C)Oc2cc(O)c3c(c21)OC(C)C(C)C3=O. The van der Waals surface area contributed by atoms with E-state index in [2.05, 4.69) is 0 Å². The molecule has 2 N–H and O–H groups in total. The van der Waals surface area contributed by atoms with Gasteiger partial charge in [0.2, 0.25) is 0 Å². The number of aliphatic carboxylic acids is 1. The van der Waals surface area contributed by atoms with Crippen molar-refractivity contribution in [2.24, 2.45) is 11.8 Å². The average molecular weight is 388 g/mol. The lowest BCUT2D eigenvalue weighted by Gasteiger charge is -2.38. The molecule has 1 aromatic rings. The number of carbonyl (C=O) groups is 2. The van der Waals surface area contributed by atoms with E-state index >= 15 is 0 Å². The van der Waals surface area contributed by atoms with Gasteiger partial charge in [-0.1, -0.05) is 20.3 Å².